The van der Waals surface area contributed by atoms with Crippen LogP contribution in [-0.4, -0.2) is 36.7 Å². The molecule has 0 aliphatic carbocycles. The van der Waals surface area contributed by atoms with Crippen molar-refractivity contribution in [3.05, 3.63) is 18.2 Å². The number of carbonyl (C=O) groups excluding carboxylic acids is 1. The maximum absolute atomic E-state index is 12.2. The molecule has 6 heteroatoms. The van der Waals surface area contributed by atoms with E-state index in [0.29, 0.717) is 43.4 Å². The van der Waals surface area contributed by atoms with Gasteiger partial charge in [-0.3, -0.25) is 9.59 Å². The van der Waals surface area contributed by atoms with E-state index in [4.69, 9.17) is 14.6 Å². The van der Waals surface area contributed by atoms with Gasteiger partial charge in [0.05, 0.1) is 18.9 Å². The van der Waals surface area contributed by atoms with Gasteiger partial charge < -0.3 is 19.5 Å². The van der Waals surface area contributed by atoms with Crippen LogP contribution in [0, 0.1) is 5.92 Å². The van der Waals surface area contributed by atoms with Crippen molar-refractivity contribution in [1.82, 2.24) is 0 Å². The molecular weight excluding hydrogens is 274 g/mol. The van der Waals surface area contributed by atoms with Gasteiger partial charge in [-0.25, -0.2) is 0 Å². The Morgan fingerprint density at radius 1 is 1.33 bits per heavy atom. The van der Waals surface area contributed by atoms with Crippen LogP contribution in [0.4, 0.5) is 5.69 Å². The molecule has 2 rings (SSSR count). The summed E-state index contributed by atoms with van der Waals surface area (Å²) in [6, 6.07) is 5.23. The quantitative estimate of drug-likeness (QED) is 0.811. The van der Waals surface area contributed by atoms with Crippen LogP contribution in [0.5, 0.6) is 11.5 Å². The van der Waals surface area contributed by atoms with Crippen LogP contribution in [0.3, 0.4) is 0 Å². The van der Waals surface area contributed by atoms with Crippen molar-refractivity contribution in [3.8, 4) is 11.5 Å². The number of benzene rings is 1. The molecule has 1 saturated heterocycles. The summed E-state index contributed by atoms with van der Waals surface area (Å²) in [6.45, 7) is 5.07. The molecule has 0 spiro atoms. The molecule has 1 heterocycles. The van der Waals surface area contributed by atoms with Crippen LogP contribution < -0.4 is 14.4 Å². The molecule has 0 bridgehead atoms. The Labute approximate surface area is 123 Å². The summed E-state index contributed by atoms with van der Waals surface area (Å²) in [5.41, 5.74) is 0.566. The van der Waals surface area contributed by atoms with Gasteiger partial charge in [-0.15, -0.1) is 0 Å². The van der Waals surface area contributed by atoms with Crippen molar-refractivity contribution in [3.63, 3.8) is 0 Å². The molecule has 1 N–H and O–H groups in total. The number of hydrogen-bond donors (Lipinski definition) is 1. The molecule has 1 atom stereocenters. The molecule has 0 aromatic heterocycles. The molecule has 1 amide bonds. The van der Waals surface area contributed by atoms with E-state index in [1.54, 1.807) is 18.2 Å². The van der Waals surface area contributed by atoms with E-state index >= 15 is 0 Å². The predicted octanol–water partition coefficient (Wildman–Crippen LogP) is 1.92. The molecule has 0 saturated carbocycles. The Hall–Kier alpha value is -2.24. The summed E-state index contributed by atoms with van der Waals surface area (Å²) in [5, 5.41) is 9.06. The first kappa shape index (κ1) is 15.2. The van der Waals surface area contributed by atoms with Crippen LogP contribution in [0.25, 0.3) is 0 Å². The van der Waals surface area contributed by atoms with Gasteiger partial charge in [0.15, 0.2) is 0 Å². The number of aliphatic carboxylic acids is 1. The third-order valence-corrected chi connectivity index (χ3v) is 3.34. The van der Waals surface area contributed by atoms with Crippen LogP contribution in [-0.2, 0) is 9.59 Å². The first-order valence-electron chi connectivity index (χ1n) is 7.02. The van der Waals surface area contributed by atoms with E-state index in [-0.39, 0.29) is 0 Å². The summed E-state index contributed by atoms with van der Waals surface area (Å²) in [7, 11) is 0. The first-order valence-corrected chi connectivity index (χ1v) is 7.02. The number of ether oxygens (including phenoxy) is 2. The summed E-state index contributed by atoms with van der Waals surface area (Å²) in [5.74, 6) is -1.28. The number of nitrogens with zero attached hydrogens (tertiary/aromatic N) is 1. The minimum atomic E-state index is -1.08. The smallest absolute Gasteiger partial charge is 0.316 e. The molecule has 6 nitrogen and oxygen atoms in total. The SMILES string of the molecule is CCOc1ccc(OCC)c(N2CCC(C(=O)O)C2=O)c1. The number of hydrogen-bond acceptors (Lipinski definition) is 4. The second kappa shape index (κ2) is 6.47. The van der Waals surface area contributed by atoms with Crippen molar-refractivity contribution in [2.45, 2.75) is 20.3 Å². The minimum absolute atomic E-state index is 0.304. The zero-order chi connectivity index (χ0) is 15.4. The lowest BCUT2D eigenvalue weighted by Gasteiger charge is -2.21. The van der Waals surface area contributed by atoms with Crippen molar-refractivity contribution in [2.24, 2.45) is 5.92 Å². The van der Waals surface area contributed by atoms with E-state index in [0.717, 1.165) is 0 Å². The fourth-order valence-corrected chi connectivity index (χ4v) is 2.39. The number of carbonyl (C=O) groups is 2. The standard InChI is InChI=1S/C15H19NO5/c1-3-20-10-5-6-13(21-4-2)12(9-10)16-8-7-11(14(16)17)15(18)19/h5-6,9,11H,3-4,7-8H2,1-2H3,(H,18,19). The summed E-state index contributed by atoms with van der Waals surface area (Å²) >= 11 is 0. The van der Waals surface area contributed by atoms with Crippen LogP contribution in [0.1, 0.15) is 20.3 Å². The highest BCUT2D eigenvalue weighted by molar-refractivity contribution is 6.08. The van der Waals surface area contributed by atoms with Gasteiger partial charge in [0.1, 0.15) is 17.4 Å². The second-order valence-electron chi connectivity index (χ2n) is 4.66. The summed E-state index contributed by atoms with van der Waals surface area (Å²) < 4.78 is 11.0. The van der Waals surface area contributed by atoms with Gasteiger partial charge in [-0.2, -0.15) is 0 Å². The second-order valence-corrected chi connectivity index (χ2v) is 4.66. The fraction of sp³-hybridized carbons (Fsp3) is 0.467. The highest BCUT2D eigenvalue weighted by atomic mass is 16.5. The molecule has 1 aromatic carbocycles. The Morgan fingerprint density at radius 2 is 2.05 bits per heavy atom. The first-order chi connectivity index (χ1) is 10.1. The largest absolute Gasteiger partial charge is 0.494 e. The third kappa shape index (κ3) is 3.09. The lowest BCUT2D eigenvalue weighted by Crippen LogP contribution is -2.30. The van der Waals surface area contributed by atoms with Crippen LogP contribution >= 0.6 is 0 Å². The molecule has 0 radical (unpaired) electrons. The van der Waals surface area contributed by atoms with Gasteiger partial charge in [-0.1, -0.05) is 0 Å². The Bertz CT molecular complexity index is 543. The van der Waals surface area contributed by atoms with E-state index in [1.165, 1.54) is 4.90 Å². The number of carboxylic acids is 1. The number of rotatable bonds is 6. The van der Waals surface area contributed by atoms with E-state index in [2.05, 4.69) is 0 Å². The number of carboxylic acid groups (broad SMARTS) is 1. The summed E-state index contributed by atoms with van der Waals surface area (Å²) in [4.78, 5) is 24.8. The highest BCUT2D eigenvalue weighted by Crippen LogP contribution is 2.36. The van der Waals surface area contributed by atoms with Crippen molar-refractivity contribution in [2.75, 3.05) is 24.7 Å². The lowest BCUT2D eigenvalue weighted by molar-refractivity contribution is -0.144. The van der Waals surface area contributed by atoms with Gasteiger partial charge in [-0.05, 0) is 32.4 Å². The van der Waals surface area contributed by atoms with Crippen molar-refractivity contribution in [1.29, 1.82) is 0 Å². The third-order valence-electron chi connectivity index (χ3n) is 3.34. The minimum Gasteiger partial charge on any atom is -0.494 e. The van der Waals surface area contributed by atoms with Crippen LogP contribution in [0.15, 0.2) is 18.2 Å². The molecule has 21 heavy (non-hydrogen) atoms. The average molecular weight is 293 g/mol. The Morgan fingerprint density at radius 3 is 2.62 bits per heavy atom. The molecule has 1 fully saturated rings. The number of amides is 1. The van der Waals surface area contributed by atoms with Crippen molar-refractivity contribution >= 4 is 17.6 Å². The lowest BCUT2D eigenvalue weighted by atomic mass is 10.1. The molecule has 114 valence electrons. The zero-order valence-electron chi connectivity index (χ0n) is 12.2. The zero-order valence-corrected chi connectivity index (χ0v) is 12.2. The fourth-order valence-electron chi connectivity index (χ4n) is 2.39. The maximum atomic E-state index is 12.2. The van der Waals surface area contributed by atoms with Crippen LogP contribution in [0.2, 0.25) is 0 Å². The molecule has 1 aromatic rings. The molecule has 1 aliphatic heterocycles. The maximum Gasteiger partial charge on any atom is 0.316 e. The number of anilines is 1. The van der Waals surface area contributed by atoms with Gasteiger partial charge in [0.25, 0.3) is 0 Å². The predicted molar refractivity (Wildman–Crippen MR) is 76.9 cm³/mol. The summed E-state index contributed by atoms with van der Waals surface area (Å²) in [6.07, 6.45) is 0.304. The Balaban J connectivity index is 2.34. The highest BCUT2D eigenvalue weighted by Gasteiger charge is 2.38. The van der Waals surface area contributed by atoms with E-state index in [9.17, 15) is 9.59 Å². The van der Waals surface area contributed by atoms with E-state index in [1.807, 2.05) is 13.8 Å². The Kier molecular flexibility index (Phi) is 4.67. The van der Waals surface area contributed by atoms with E-state index < -0.39 is 17.8 Å². The molecule has 1 unspecified atom stereocenters. The van der Waals surface area contributed by atoms with Gasteiger partial charge >= 0.3 is 5.97 Å². The molecular formula is C15H19NO5. The van der Waals surface area contributed by atoms with Gasteiger partial charge in [0.2, 0.25) is 5.91 Å². The normalized spacial score (nSPS) is 17.9. The topological polar surface area (TPSA) is 76.1 Å². The average Bonchev–Trinajstić information content (AvgIpc) is 2.83. The monoisotopic (exact) mass is 293 g/mol. The molecule has 1 aliphatic rings. The van der Waals surface area contributed by atoms with Gasteiger partial charge in [0, 0.05) is 12.6 Å². The van der Waals surface area contributed by atoms with Crippen molar-refractivity contribution < 1.29 is 24.2 Å².